The third-order valence-corrected chi connectivity index (χ3v) is 4.50. The standard InChI is InChI=1S/C8H15NO8S2/c1-4-16-19(13,14)9-18(11,12)6-5-15-17-8(10)7(2)3/h9H,2,4-6H2,1,3H3. The number of nitrogens with one attached hydrogen (secondary N) is 1. The van der Waals surface area contributed by atoms with Crippen molar-refractivity contribution in [1.29, 1.82) is 0 Å². The molecular weight excluding hydrogens is 302 g/mol. The van der Waals surface area contributed by atoms with Crippen LogP contribution in [0, 0.1) is 0 Å². The Labute approximate surface area is 111 Å². The first kappa shape index (κ1) is 18.0. The highest BCUT2D eigenvalue weighted by atomic mass is 32.3. The molecule has 0 rings (SSSR count). The van der Waals surface area contributed by atoms with E-state index in [2.05, 4.69) is 20.5 Å². The van der Waals surface area contributed by atoms with Crippen molar-refractivity contribution in [2.24, 2.45) is 0 Å². The maximum Gasteiger partial charge on any atom is 0.368 e. The molecule has 0 spiro atoms. The van der Waals surface area contributed by atoms with Crippen molar-refractivity contribution in [3.05, 3.63) is 12.2 Å². The van der Waals surface area contributed by atoms with Gasteiger partial charge in [-0.1, -0.05) is 10.7 Å². The summed E-state index contributed by atoms with van der Waals surface area (Å²) in [6.45, 7) is 5.27. The number of hydrogen-bond acceptors (Lipinski definition) is 8. The molecule has 0 fully saturated rings. The quantitative estimate of drug-likeness (QED) is 0.254. The predicted octanol–water partition coefficient (Wildman–Crippen LogP) is -0.762. The molecule has 0 saturated heterocycles. The van der Waals surface area contributed by atoms with E-state index in [0.29, 0.717) is 0 Å². The van der Waals surface area contributed by atoms with Gasteiger partial charge in [0.2, 0.25) is 10.0 Å². The summed E-state index contributed by atoms with van der Waals surface area (Å²) in [4.78, 5) is 19.3. The highest BCUT2D eigenvalue weighted by Gasteiger charge is 2.21. The van der Waals surface area contributed by atoms with E-state index in [-0.39, 0.29) is 12.2 Å². The summed E-state index contributed by atoms with van der Waals surface area (Å²) in [5, 5.41) is 0. The molecule has 0 aliphatic heterocycles. The zero-order valence-corrected chi connectivity index (χ0v) is 12.0. The summed E-state index contributed by atoms with van der Waals surface area (Å²) < 4.78 is 50.1. The first-order valence-electron chi connectivity index (χ1n) is 4.99. The second kappa shape index (κ2) is 7.55. The van der Waals surface area contributed by atoms with Crippen LogP contribution in [0.2, 0.25) is 0 Å². The molecule has 0 amide bonds. The van der Waals surface area contributed by atoms with Crippen LogP contribution in [-0.4, -0.2) is 41.8 Å². The Morgan fingerprint density at radius 3 is 2.32 bits per heavy atom. The zero-order valence-electron chi connectivity index (χ0n) is 10.4. The SMILES string of the molecule is C=C(C)C(=O)OOCCS(=O)(=O)NS(=O)(=O)OCC. The van der Waals surface area contributed by atoms with Crippen molar-refractivity contribution in [2.75, 3.05) is 19.0 Å². The molecule has 1 N–H and O–H groups in total. The lowest BCUT2D eigenvalue weighted by molar-refractivity contribution is -0.264. The maximum atomic E-state index is 11.3. The summed E-state index contributed by atoms with van der Waals surface area (Å²) in [5.41, 5.74) is 0.0694. The Kier molecular flexibility index (Phi) is 7.15. The first-order chi connectivity index (χ1) is 8.59. The summed E-state index contributed by atoms with van der Waals surface area (Å²) in [7, 11) is -8.55. The van der Waals surface area contributed by atoms with E-state index in [4.69, 9.17) is 0 Å². The van der Waals surface area contributed by atoms with Gasteiger partial charge in [0.05, 0.1) is 12.4 Å². The molecule has 0 aromatic carbocycles. The average molecular weight is 317 g/mol. The molecule has 0 saturated carbocycles. The average Bonchev–Trinajstić information content (AvgIpc) is 2.21. The monoisotopic (exact) mass is 317 g/mol. The third kappa shape index (κ3) is 8.67. The molecule has 0 aromatic heterocycles. The summed E-state index contributed by atoms with van der Waals surface area (Å²) in [6.07, 6.45) is 0. The number of sulfonamides is 1. The van der Waals surface area contributed by atoms with E-state index in [1.807, 2.05) is 0 Å². The smallest absolute Gasteiger partial charge is 0.293 e. The Morgan fingerprint density at radius 1 is 1.26 bits per heavy atom. The van der Waals surface area contributed by atoms with Gasteiger partial charge < -0.3 is 0 Å². The molecule has 0 bridgehead atoms. The van der Waals surface area contributed by atoms with Crippen molar-refractivity contribution >= 4 is 26.3 Å². The Balaban J connectivity index is 4.19. The van der Waals surface area contributed by atoms with Gasteiger partial charge in [0.25, 0.3) is 0 Å². The van der Waals surface area contributed by atoms with E-state index in [9.17, 15) is 21.6 Å². The topological polar surface area (TPSA) is 125 Å². The number of carbonyl (C=O) groups is 1. The van der Waals surface area contributed by atoms with Gasteiger partial charge in [-0.25, -0.2) is 13.2 Å². The lowest BCUT2D eigenvalue weighted by Gasteiger charge is -2.07. The van der Waals surface area contributed by atoms with Crippen LogP contribution < -0.4 is 4.13 Å². The fourth-order valence-corrected chi connectivity index (χ4v) is 3.05. The molecule has 0 heterocycles. The van der Waals surface area contributed by atoms with Crippen LogP contribution in [0.3, 0.4) is 0 Å². The van der Waals surface area contributed by atoms with Crippen molar-refractivity contribution in [1.82, 2.24) is 4.13 Å². The van der Waals surface area contributed by atoms with Gasteiger partial charge in [-0.05, 0) is 13.8 Å². The van der Waals surface area contributed by atoms with Crippen LogP contribution in [0.1, 0.15) is 13.8 Å². The van der Waals surface area contributed by atoms with E-state index < -0.39 is 38.7 Å². The van der Waals surface area contributed by atoms with E-state index in [1.54, 1.807) is 0 Å². The van der Waals surface area contributed by atoms with Gasteiger partial charge in [0, 0.05) is 5.57 Å². The summed E-state index contributed by atoms with van der Waals surface area (Å²) in [5.74, 6) is -1.59. The van der Waals surface area contributed by atoms with Crippen molar-refractivity contribution in [3.63, 3.8) is 0 Å². The highest BCUT2D eigenvalue weighted by Crippen LogP contribution is 1.96. The fourth-order valence-electron chi connectivity index (χ4n) is 0.686. The van der Waals surface area contributed by atoms with Gasteiger partial charge in [-0.2, -0.15) is 13.3 Å². The molecule has 19 heavy (non-hydrogen) atoms. The highest BCUT2D eigenvalue weighted by molar-refractivity contribution is 8.02. The van der Waals surface area contributed by atoms with Crippen molar-refractivity contribution < 1.29 is 35.6 Å². The van der Waals surface area contributed by atoms with E-state index in [0.717, 1.165) is 0 Å². The second-order valence-corrected chi connectivity index (χ2v) is 6.68. The van der Waals surface area contributed by atoms with Crippen LogP contribution >= 0.6 is 0 Å². The summed E-state index contributed by atoms with van der Waals surface area (Å²) in [6, 6.07) is 0. The first-order valence-corrected chi connectivity index (χ1v) is 8.05. The molecule has 9 nitrogen and oxygen atoms in total. The molecule has 112 valence electrons. The predicted molar refractivity (Wildman–Crippen MR) is 64.3 cm³/mol. The van der Waals surface area contributed by atoms with Crippen molar-refractivity contribution in [2.45, 2.75) is 13.8 Å². The van der Waals surface area contributed by atoms with Crippen LogP contribution in [0.15, 0.2) is 12.2 Å². The van der Waals surface area contributed by atoms with E-state index in [1.165, 1.54) is 18.0 Å². The lowest BCUT2D eigenvalue weighted by Crippen LogP contribution is -2.35. The van der Waals surface area contributed by atoms with Gasteiger partial charge in [0.1, 0.15) is 6.61 Å². The molecular formula is C8H15NO8S2. The largest absolute Gasteiger partial charge is 0.368 e. The number of rotatable bonds is 9. The lowest BCUT2D eigenvalue weighted by atomic mass is 10.4. The van der Waals surface area contributed by atoms with Crippen LogP contribution in [0.4, 0.5) is 0 Å². The molecule has 0 atom stereocenters. The minimum absolute atomic E-state index is 0.0694. The minimum atomic E-state index is -4.37. The van der Waals surface area contributed by atoms with Crippen LogP contribution in [-0.2, 0) is 39.1 Å². The number of hydrogen-bond donors (Lipinski definition) is 1. The third-order valence-electron chi connectivity index (χ3n) is 1.42. The maximum absolute atomic E-state index is 11.3. The molecule has 11 heteroatoms. The Morgan fingerprint density at radius 2 is 1.84 bits per heavy atom. The summed E-state index contributed by atoms with van der Waals surface area (Å²) >= 11 is 0. The molecule has 0 radical (unpaired) electrons. The van der Waals surface area contributed by atoms with E-state index >= 15 is 0 Å². The fraction of sp³-hybridized carbons (Fsp3) is 0.625. The minimum Gasteiger partial charge on any atom is -0.293 e. The molecule has 0 aliphatic carbocycles. The molecule has 0 aliphatic rings. The van der Waals surface area contributed by atoms with Crippen LogP contribution in [0.5, 0.6) is 0 Å². The van der Waals surface area contributed by atoms with Gasteiger partial charge in [0.15, 0.2) is 0 Å². The Bertz CT molecular complexity index is 521. The molecule has 0 unspecified atom stereocenters. The van der Waals surface area contributed by atoms with Gasteiger partial charge in [-0.15, -0.1) is 0 Å². The van der Waals surface area contributed by atoms with Crippen molar-refractivity contribution in [3.8, 4) is 0 Å². The second-order valence-electron chi connectivity index (χ2n) is 3.24. The molecule has 0 aromatic rings. The zero-order chi connectivity index (χ0) is 15.1. The number of carbonyl (C=O) groups excluding carboxylic acids is 1. The van der Waals surface area contributed by atoms with Gasteiger partial charge in [-0.3, -0.25) is 9.07 Å². The van der Waals surface area contributed by atoms with Gasteiger partial charge >= 0.3 is 16.3 Å². The normalized spacial score (nSPS) is 12.1. The Hall–Kier alpha value is -1.01. The van der Waals surface area contributed by atoms with Crippen LogP contribution in [0.25, 0.3) is 0 Å².